The lowest BCUT2D eigenvalue weighted by molar-refractivity contribution is -0.386. The zero-order valence-electron chi connectivity index (χ0n) is 11.9. The summed E-state index contributed by atoms with van der Waals surface area (Å²) >= 11 is 0. The number of hydrogen-bond donors (Lipinski definition) is 1. The standard InChI is InChI=1S/C13H17N5O3/c1-10(2)21-13-9-11(3-4-12(13)18(19)20)14-5-7-17-8-6-15-16-17/h3-4,6,8-10,14H,5,7H2,1-2H3. The second-order valence-electron chi connectivity index (χ2n) is 4.70. The second-order valence-corrected chi connectivity index (χ2v) is 4.70. The number of benzene rings is 1. The number of nitrogens with one attached hydrogen (secondary N) is 1. The molecule has 0 aliphatic rings. The van der Waals surface area contributed by atoms with Gasteiger partial charge in [0.25, 0.3) is 0 Å². The summed E-state index contributed by atoms with van der Waals surface area (Å²) < 4.78 is 7.19. The van der Waals surface area contributed by atoms with E-state index in [2.05, 4.69) is 15.6 Å². The van der Waals surface area contributed by atoms with Gasteiger partial charge in [0.15, 0.2) is 5.75 Å². The first-order valence-corrected chi connectivity index (χ1v) is 6.59. The Balaban J connectivity index is 2.04. The van der Waals surface area contributed by atoms with Crippen molar-refractivity contribution in [3.63, 3.8) is 0 Å². The molecule has 8 nitrogen and oxygen atoms in total. The van der Waals surface area contributed by atoms with Gasteiger partial charge in [-0.1, -0.05) is 5.21 Å². The van der Waals surface area contributed by atoms with Crippen molar-refractivity contribution >= 4 is 11.4 Å². The van der Waals surface area contributed by atoms with Gasteiger partial charge in [0, 0.05) is 30.6 Å². The number of hydrogen-bond acceptors (Lipinski definition) is 6. The normalized spacial score (nSPS) is 10.6. The van der Waals surface area contributed by atoms with Gasteiger partial charge in [-0.3, -0.25) is 14.8 Å². The fourth-order valence-electron chi connectivity index (χ4n) is 1.79. The van der Waals surface area contributed by atoms with Crippen LogP contribution in [-0.4, -0.2) is 32.6 Å². The topological polar surface area (TPSA) is 95.1 Å². The average Bonchev–Trinajstić information content (AvgIpc) is 2.91. The highest BCUT2D eigenvalue weighted by Crippen LogP contribution is 2.30. The molecule has 0 atom stereocenters. The number of anilines is 1. The van der Waals surface area contributed by atoms with Gasteiger partial charge in [-0.2, -0.15) is 0 Å². The van der Waals surface area contributed by atoms with Crippen molar-refractivity contribution in [3.05, 3.63) is 40.7 Å². The molecule has 1 aromatic heterocycles. The lowest BCUT2D eigenvalue weighted by Gasteiger charge is -2.12. The fourth-order valence-corrected chi connectivity index (χ4v) is 1.79. The molecule has 2 rings (SSSR count). The highest BCUT2D eigenvalue weighted by molar-refractivity contribution is 5.58. The molecule has 0 aliphatic heterocycles. The first-order chi connectivity index (χ1) is 10.1. The molecule has 0 bridgehead atoms. The molecule has 0 aliphatic carbocycles. The Kier molecular flexibility index (Phi) is 4.70. The Morgan fingerprint density at radius 3 is 2.90 bits per heavy atom. The van der Waals surface area contributed by atoms with Crippen LogP contribution in [0.25, 0.3) is 0 Å². The lowest BCUT2D eigenvalue weighted by Crippen LogP contribution is -2.12. The van der Waals surface area contributed by atoms with Crippen molar-refractivity contribution in [2.45, 2.75) is 26.5 Å². The van der Waals surface area contributed by atoms with Gasteiger partial charge in [0.05, 0.1) is 23.8 Å². The van der Waals surface area contributed by atoms with Crippen molar-refractivity contribution in [2.75, 3.05) is 11.9 Å². The van der Waals surface area contributed by atoms with Crippen LogP contribution < -0.4 is 10.1 Å². The predicted octanol–water partition coefficient (Wildman–Crippen LogP) is 2.09. The smallest absolute Gasteiger partial charge is 0.311 e. The first-order valence-electron chi connectivity index (χ1n) is 6.59. The monoisotopic (exact) mass is 291 g/mol. The van der Waals surface area contributed by atoms with Crippen LogP contribution in [0.2, 0.25) is 0 Å². The SMILES string of the molecule is CC(C)Oc1cc(NCCn2ccnn2)ccc1[N+](=O)[O-]. The van der Waals surface area contributed by atoms with E-state index < -0.39 is 4.92 Å². The average molecular weight is 291 g/mol. The molecule has 0 amide bonds. The Morgan fingerprint density at radius 1 is 1.48 bits per heavy atom. The van der Waals surface area contributed by atoms with E-state index in [4.69, 9.17) is 4.74 Å². The number of nitro groups is 1. The summed E-state index contributed by atoms with van der Waals surface area (Å²) in [6, 6.07) is 4.74. The molecule has 21 heavy (non-hydrogen) atoms. The fraction of sp³-hybridized carbons (Fsp3) is 0.385. The summed E-state index contributed by atoms with van der Waals surface area (Å²) in [6.45, 7) is 4.93. The molecule has 2 aromatic rings. The van der Waals surface area contributed by atoms with Crippen molar-refractivity contribution in [1.29, 1.82) is 0 Å². The van der Waals surface area contributed by atoms with Gasteiger partial charge in [-0.15, -0.1) is 5.10 Å². The molecule has 0 fully saturated rings. The summed E-state index contributed by atoms with van der Waals surface area (Å²) in [6.07, 6.45) is 3.25. The molecule has 1 heterocycles. The van der Waals surface area contributed by atoms with E-state index in [-0.39, 0.29) is 17.5 Å². The third-order valence-electron chi connectivity index (χ3n) is 2.66. The largest absolute Gasteiger partial charge is 0.484 e. The molecule has 0 radical (unpaired) electrons. The zero-order chi connectivity index (χ0) is 15.2. The van der Waals surface area contributed by atoms with Gasteiger partial charge >= 0.3 is 5.69 Å². The van der Waals surface area contributed by atoms with E-state index >= 15 is 0 Å². The Hall–Kier alpha value is -2.64. The van der Waals surface area contributed by atoms with Crippen LogP contribution in [0.3, 0.4) is 0 Å². The van der Waals surface area contributed by atoms with Crippen molar-refractivity contribution in [1.82, 2.24) is 15.0 Å². The molecule has 0 saturated heterocycles. The van der Waals surface area contributed by atoms with E-state index in [0.29, 0.717) is 13.1 Å². The summed E-state index contributed by atoms with van der Waals surface area (Å²) in [7, 11) is 0. The third kappa shape index (κ3) is 4.16. The van der Waals surface area contributed by atoms with Gasteiger partial charge in [-0.25, -0.2) is 0 Å². The molecule has 1 aromatic carbocycles. The molecule has 0 saturated carbocycles. The van der Waals surface area contributed by atoms with Crippen molar-refractivity contribution in [3.8, 4) is 5.75 Å². The van der Waals surface area contributed by atoms with E-state index in [9.17, 15) is 10.1 Å². The van der Waals surface area contributed by atoms with Gasteiger partial charge in [0.1, 0.15) is 0 Å². The quantitative estimate of drug-likeness (QED) is 0.620. The van der Waals surface area contributed by atoms with Crippen LogP contribution in [0.5, 0.6) is 5.75 Å². The van der Waals surface area contributed by atoms with Crippen LogP contribution in [0.1, 0.15) is 13.8 Å². The number of rotatable bonds is 7. The molecule has 0 spiro atoms. The third-order valence-corrected chi connectivity index (χ3v) is 2.66. The summed E-state index contributed by atoms with van der Waals surface area (Å²) in [4.78, 5) is 10.5. The number of nitro benzene ring substituents is 1. The minimum atomic E-state index is -0.448. The molecule has 0 unspecified atom stereocenters. The van der Waals surface area contributed by atoms with Crippen molar-refractivity contribution in [2.24, 2.45) is 0 Å². The summed E-state index contributed by atoms with van der Waals surface area (Å²) in [5.74, 6) is 0.265. The number of nitrogens with zero attached hydrogens (tertiary/aromatic N) is 4. The maximum atomic E-state index is 11.0. The molecule has 8 heteroatoms. The van der Waals surface area contributed by atoms with E-state index in [1.807, 2.05) is 13.8 Å². The molecule has 1 N–H and O–H groups in total. The summed E-state index contributed by atoms with van der Waals surface area (Å²) in [5.41, 5.74) is 0.724. The maximum absolute atomic E-state index is 11.0. The minimum Gasteiger partial charge on any atom is -0.484 e. The second kappa shape index (κ2) is 6.69. The first kappa shape index (κ1) is 14.8. The number of aromatic nitrogens is 3. The van der Waals surface area contributed by atoms with Crippen LogP contribution in [-0.2, 0) is 6.54 Å². The highest BCUT2D eigenvalue weighted by Gasteiger charge is 2.16. The van der Waals surface area contributed by atoms with E-state index in [1.165, 1.54) is 6.07 Å². The Labute approximate surface area is 121 Å². The maximum Gasteiger partial charge on any atom is 0.311 e. The highest BCUT2D eigenvalue weighted by atomic mass is 16.6. The van der Waals surface area contributed by atoms with E-state index in [1.54, 1.807) is 29.2 Å². The zero-order valence-corrected chi connectivity index (χ0v) is 11.9. The number of ether oxygens (including phenoxy) is 1. The summed E-state index contributed by atoms with van der Waals surface area (Å²) in [5, 5.41) is 21.7. The molecular formula is C13H17N5O3. The Bertz CT molecular complexity index is 598. The van der Waals surface area contributed by atoms with Gasteiger partial charge < -0.3 is 10.1 Å². The molecule has 112 valence electrons. The van der Waals surface area contributed by atoms with Crippen molar-refractivity contribution < 1.29 is 9.66 Å². The minimum absolute atomic E-state index is 0.0365. The van der Waals surface area contributed by atoms with Gasteiger partial charge in [-0.05, 0) is 19.9 Å². The lowest BCUT2D eigenvalue weighted by atomic mass is 10.2. The van der Waals surface area contributed by atoms with E-state index in [0.717, 1.165) is 5.69 Å². The van der Waals surface area contributed by atoms with Crippen LogP contribution in [0, 0.1) is 10.1 Å². The van der Waals surface area contributed by atoms with Crippen LogP contribution in [0.4, 0.5) is 11.4 Å². The van der Waals surface area contributed by atoms with Gasteiger partial charge in [0.2, 0.25) is 0 Å². The molecular weight excluding hydrogens is 274 g/mol. The van der Waals surface area contributed by atoms with Crippen LogP contribution in [0.15, 0.2) is 30.6 Å². The Morgan fingerprint density at radius 2 is 2.29 bits per heavy atom. The predicted molar refractivity (Wildman–Crippen MR) is 77.4 cm³/mol. The van der Waals surface area contributed by atoms with Crippen LogP contribution >= 0.6 is 0 Å².